The molecule has 11 aromatic rings. The van der Waals surface area contributed by atoms with Crippen molar-refractivity contribution in [2.75, 3.05) is 9.80 Å². The highest BCUT2D eigenvalue weighted by Gasteiger charge is 2.41. The minimum Gasteiger partial charge on any atom is -0.458 e. The second kappa shape index (κ2) is 14.6. The standard InChI is InChI=1S/C58H38BN3O2/c1-6-19-39(20-7-1)60(40-21-8-2-9-22-40)44-33-34-48-55(35-44)63-53-31-18-32-54-58(53)59(48)49-37-50-47(36-56(49)64-54)57-46-30-17-16-29-45(46)51(38-52(57)62(50)43-27-14-5-15-28-43)61(41-23-10-3-11-24-41)42-25-12-4-13-26-42/h1-38H. The summed E-state index contributed by atoms with van der Waals surface area (Å²) in [6, 6.07) is 81.8. The van der Waals surface area contributed by atoms with Crippen LogP contribution in [0, 0.1) is 0 Å². The molecule has 0 N–H and O–H groups in total. The molecule has 13 rings (SSSR count). The summed E-state index contributed by atoms with van der Waals surface area (Å²) in [6.45, 7) is -0.125. The first-order chi connectivity index (χ1) is 31.8. The second-order valence-electron chi connectivity index (χ2n) is 16.5. The van der Waals surface area contributed by atoms with Gasteiger partial charge in [0, 0.05) is 61.8 Å². The van der Waals surface area contributed by atoms with Crippen molar-refractivity contribution in [3.8, 4) is 28.7 Å². The van der Waals surface area contributed by atoms with Crippen molar-refractivity contribution in [2.45, 2.75) is 0 Å². The summed E-state index contributed by atoms with van der Waals surface area (Å²) in [6.07, 6.45) is 0. The molecule has 1 aromatic heterocycles. The van der Waals surface area contributed by atoms with Crippen molar-refractivity contribution in [3.05, 3.63) is 231 Å². The number of aromatic nitrogens is 1. The number of anilines is 6. The van der Waals surface area contributed by atoms with E-state index in [9.17, 15) is 0 Å². The largest absolute Gasteiger partial charge is 0.458 e. The molecule has 2 aliphatic heterocycles. The van der Waals surface area contributed by atoms with Crippen molar-refractivity contribution >= 4 is 89.8 Å². The first-order valence-corrected chi connectivity index (χ1v) is 21.8. The number of ether oxygens (including phenoxy) is 2. The van der Waals surface area contributed by atoms with Crippen LogP contribution in [0.5, 0.6) is 23.0 Å². The number of hydrogen-bond acceptors (Lipinski definition) is 4. The third-order valence-corrected chi connectivity index (χ3v) is 12.8. The van der Waals surface area contributed by atoms with E-state index in [2.05, 4.69) is 239 Å². The fraction of sp³-hybridized carbons (Fsp3) is 0. The summed E-state index contributed by atoms with van der Waals surface area (Å²) in [5.41, 5.74) is 13.0. The first-order valence-electron chi connectivity index (χ1n) is 21.8. The number of rotatable bonds is 7. The monoisotopic (exact) mass is 819 g/mol. The van der Waals surface area contributed by atoms with Crippen LogP contribution in [0.2, 0.25) is 0 Å². The fourth-order valence-corrected chi connectivity index (χ4v) is 10.1. The molecule has 0 unspecified atom stereocenters. The van der Waals surface area contributed by atoms with Crippen molar-refractivity contribution < 1.29 is 9.47 Å². The molecule has 300 valence electrons. The van der Waals surface area contributed by atoms with Crippen LogP contribution < -0.4 is 35.7 Å². The summed E-state index contributed by atoms with van der Waals surface area (Å²) in [5.74, 6) is 3.31. The maximum atomic E-state index is 6.97. The van der Waals surface area contributed by atoms with Crippen LogP contribution in [-0.2, 0) is 0 Å². The molecule has 5 nitrogen and oxygen atoms in total. The van der Waals surface area contributed by atoms with Gasteiger partial charge in [-0.25, -0.2) is 0 Å². The highest BCUT2D eigenvalue weighted by molar-refractivity contribution is 6.98. The lowest BCUT2D eigenvalue weighted by atomic mass is 9.35. The molecule has 0 spiro atoms. The summed E-state index contributed by atoms with van der Waals surface area (Å²) in [4.78, 5) is 4.66. The van der Waals surface area contributed by atoms with Gasteiger partial charge in [-0.15, -0.1) is 0 Å². The van der Waals surface area contributed by atoms with Gasteiger partial charge in [-0.3, -0.25) is 0 Å². The highest BCUT2D eigenvalue weighted by Crippen LogP contribution is 2.47. The molecule has 0 amide bonds. The molecule has 10 aromatic carbocycles. The predicted molar refractivity (Wildman–Crippen MR) is 265 cm³/mol. The Hall–Kier alpha value is -8.48. The smallest absolute Gasteiger partial charge is 0.260 e. The van der Waals surface area contributed by atoms with E-state index in [0.29, 0.717) is 0 Å². The second-order valence-corrected chi connectivity index (χ2v) is 16.5. The van der Waals surface area contributed by atoms with Gasteiger partial charge in [0.15, 0.2) is 0 Å². The van der Waals surface area contributed by atoms with Gasteiger partial charge in [-0.1, -0.05) is 127 Å². The van der Waals surface area contributed by atoms with Crippen molar-refractivity contribution in [1.29, 1.82) is 0 Å². The Morgan fingerprint density at radius 3 is 1.45 bits per heavy atom. The van der Waals surface area contributed by atoms with Crippen LogP contribution in [0.25, 0.3) is 38.3 Å². The topological polar surface area (TPSA) is 29.9 Å². The predicted octanol–water partition coefficient (Wildman–Crippen LogP) is 13.6. The van der Waals surface area contributed by atoms with E-state index in [1.165, 1.54) is 10.8 Å². The van der Waals surface area contributed by atoms with E-state index in [1.807, 2.05) is 6.07 Å². The van der Waals surface area contributed by atoms with Crippen LogP contribution in [-0.4, -0.2) is 11.3 Å². The minimum atomic E-state index is -0.125. The molecule has 2 aliphatic rings. The van der Waals surface area contributed by atoms with E-state index in [4.69, 9.17) is 9.47 Å². The number of hydrogen-bond donors (Lipinski definition) is 0. The summed E-state index contributed by atoms with van der Waals surface area (Å²) in [5, 5.41) is 4.66. The Labute approximate surface area is 371 Å². The summed E-state index contributed by atoms with van der Waals surface area (Å²) < 4.78 is 16.3. The van der Waals surface area contributed by atoms with E-state index in [1.54, 1.807) is 0 Å². The van der Waals surface area contributed by atoms with Gasteiger partial charge in [-0.2, -0.15) is 0 Å². The number of para-hydroxylation sites is 5. The van der Waals surface area contributed by atoms with E-state index in [0.717, 1.165) is 101 Å². The Balaban J connectivity index is 1.06. The normalized spacial score (nSPS) is 12.3. The van der Waals surface area contributed by atoms with Crippen LogP contribution in [0.15, 0.2) is 231 Å². The Kier molecular flexibility index (Phi) is 8.24. The number of nitrogens with zero attached hydrogens (tertiary/aromatic N) is 3. The molecule has 0 aliphatic carbocycles. The van der Waals surface area contributed by atoms with Crippen LogP contribution in [0.1, 0.15) is 0 Å². The lowest BCUT2D eigenvalue weighted by molar-refractivity contribution is 0.465. The average molecular weight is 820 g/mol. The maximum Gasteiger partial charge on any atom is 0.260 e. The lowest BCUT2D eigenvalue weighted by Gasteiger charge is -2.34. The van der Waals surface area contributed by atoms with Gasteiger partial charge in [0.2, 0.25) is 0 Å². The lowest BCUT2D eigenvalue weighted by Crippen LogP contribution is -2.57. The van der Waals surface area contributed by atoms with Gasteiger partial charge in [-0.05, 0) is 113 Å². The molecule has 6 heteroatoms. The minimum absolute atomic E-state index is 0.125. The zero-order valence-corrected chi connectivity index (χ0v) is 34.7. The molecule has 0 fully saturated rings. The summed E-state index contributed by atoms with van der Waals surface area (Å²) in [7, 11) is 0. The van der Waals surface area contributed by atoms with Crippen molar-refractivity contribution in [3.63, 3.8) is 0 Å². The Bertz CT molecular complexity index is 3480. The first kappa shape index (κ1) is 36.2. The molecule has 3 heterocycles. The third-order valence-electron chi connectivity index (χ3n) is 12.8. The fourth-order valence-electron chi connectivity index (χ4n) is 10.1. The van der Waals surface area contributed by atoms with E-state index < -0.39 is 0 Å². The van der Waals surface area contributed by atoms with E-state index in [-0.39, 0.29) is 6.71 Å². The molecular formula is C58H38BN3O2. The van der Waals surface area contributed by atoms with Crippen molar-refractivity contribution in [2.24, 2.45) is 0 Å². The van der Waals surface area contributed by atoms with Crippen LogP contribution >= 0.6 is 0 Å². The SMILES string of the molecule is c1ccc(N(c2ccccc2)c2ccc3c(c2)Oc2cccc4c2B3c2cc3c(cc2O4)c2c4ccccc4c(N(c4ccccc4)c4ccccc4)cc2n3-c2ccccc2)cc1. The Morgan fingerprint density at radius 1 is 0.344 bits per heavy atom. The Morgan fingerprint density at radius 2 is 0.859 bits per heavy atom. The van der Waals surface area contributed by atoms with Gasteiger partial charge >= 0.3 is 0 Å². The number of benzene rings is 10. The highest BCUT2D eigenvalue weighted by atomic mass is 16.5. The molecule has 0 saturated carbocycles. The molecule has 0 bridgehead atoms. The van der Waals surface area contributed by atoms with E-state index >= 15 is 0 Å². The molecule has 0 radical (unpaired) electrons. The average Bonchev–Trinajstić information content (AvgIpc) is 3.68. The van der Waals surface area contributed by atoms with Crippen LogP contribution in [0.4, 0.5) is 34.1 Å². The molecule has 0 saturated heterocycles. The quantitative estimate of drug-likeness (QED) is 0.150. The molecular weight excluding hydrogens is 781 g/mol. The van der Waals surface area contributed by atoms with Gasteiger partial charge < -0.3 is 23.8 Å². The zero-order valence-electron chi connectivity index (χ0n) is 34.7. The third kappa shape index (κ3) is 5.66. The van der Waals surface area contributed by atoms with Gasteiger partial charge in [0.25, 0.3) is 6.71 Å². The number of fused-ring (bicyclic) bond motifs is 9. The molecule has 64 heavy (non-hydrogen) atoms. The maximum absolute atomic E-state index is 6.97. The summed E-state index contributed by atoms with van der Waals surface area (Å²) >= 11 is 0. The van der Waals surface area contributed by atoms with Gasteiger partial charge in [0.1, 0.15) is 23.0 Å². The molecule has 0 atom stereocenters. The van der Waals surface area contributed by atoms with Crippen LogP contribution in [0.3, 0.4) is 0 Å². The zero-order chi connectivity index (χ0) is 42.1. The van der Waals surface area contributed by atoms with Crippen molar-refractivity contribution in [1.82, 2.24) is 4.57 Å². The van der Waals surface area contributed by atoms with Gasteiger partial charge in [0.05, 0.1) is 16.7 Å².